The molecule has 0 radical (unpaired) electrons. The van der Waals surface area contributed by atoms with Gasteiger partial charge in [-0.3, -0.25) is 9.36 Å². The summed E-state index contributed by atoms with van der Waals surface area (Å²) in [5.41, 5.74) is 1.87. The van der Waals surface area contributed by atoms with E-state index in [4.69, 9.17) is 4.74 Å². The van der Waals surface area contributed by atoms with Gasteiger partial charge in [-0.25, -0.2) is 0 Å². The molecule has 7 heteroatoms. The number of hydrogen-bond acceptors (Lipinski definition) is 5. The van der Waals surface area contributed by atoms with E-state index < -0.39 is 5.25 Å². The molecule has 1 atom stereocenters. The molecule has 154 valence electrons. The molecule has 1 N–H and O–H groups in total. The standard InChI is InChI=1S/C23H24N4O2S/c1-3-15-27-21(17-9-13-19(29-2)14-10-17)25-26-23(27)30-20(16-7-5-4-6-8-16)22(28)24-18-11-12-18/h3-10,13-14,18,20H,1,11-12,15H2,2H3,(H,24,28)/t20-/m1/s1. The van der Waals surface area contributed by atoms with Crippen molar-refractivity contribution >= 4 is 17.7 Å². The van der Waals surface area contributed by atoms with Crippen molar-refractivity contribution in [3.05, 3.63) is 72.8 Å². The maximum atomic E-state index is 13.0. The number of carbonyl (C=O) groups excluding carboxylic acids is 1. The van der Waals surface area contributed by atoms with Crippen LogP contribution in [0, 0.1) is 0 Å². The molecule has 1 aliphatic rings. The molecule has 4 rings (SSSR count). The number of nitrogens with one attached hydrogen (secondary N) is 1. The summed E-state index contributed by atoms with van der Waals surface area (Å²) in [5, 5.41) is 12.2. The smallest absolute Gasteiger partial charge is 0.238 e. The number of hydrogen-bond donors (Lipinski definition) is 1. The van der Waals surface area contributed by atoms with Gasteiger partial charge in [-0.15, -0.1) is 16.8 Å². The first kappa shape index (κ1) is 20.2. The Bertz CT molecular complexity index is 1010. The molecule has 1 aliphatic carbocycles. The number of amides is 1. The number of nitrogens with zero attached hydrogens (tertiary/aromatic N) is 3. The highest BCUT2D eigenvalue weighted by Crippen LogP contribution is 2.37. The summed E-state index contributed by atoms with van der Waals surface area (Å²) in [6.07, 6.45) is 3.90. The van der Waals surface area contributed by atoms with Crippen molar-refractivity contribution in [2.24, 2.45) is 0 Å². The van der Waals surface area contributed by atoms with Crippen LogP contribution < -0.4 is 10.1 Å². The van der Waals surface area contributed by atoms with Crippen LogP contribution in [0.25, 0.3) is 11.4 Å². The summed E-state index contributed by atoms with van der Waals surface area (Å²) >= 11 is 1.41. The molecule has 1 saturated carbocycles. The number of allylic oxidation sites excluding steroid dienone is 1. The third kappa shape index (κ3) is 4.57. The molecule has 3 aromatic rings. The fourth-order valence-electron chi connectivity index (χ4n) is 3.13. The predicted molar refractivity (Wildman–Crippen MR) is 118 cm³/mol. The van der Waals surface area contributed by atoms with Crippen LogP contribution in [0.15, 0.2) is 72.4 Å². The second-order valence-electron chi connectivity index (χ2n) is 7.13. The van der Waals surface area contributed by atoms with Crippen molar-refractivity contribution < 1.29 is 9.53 Å². The second kappa shape index (κ2) is 9.17. The van der Waals surface area contributed by atoms with Crippen LogP contribution in [0.2, 0.25) is 0 Å². The predicted octanol–water partition coefficient (Wildman–Crippen LogP) is 4.25. The lowest BCUT2D eigenvalue weighted by Crippen LogP contribution is -2.30. The Morgan fingerprint density at radius 1 is 1.23 bits per heavy atom. The third-order valence-electron chi connectivity index (χ3n) is 4.86. The molecule has 6 nitrogen and oxygen atoms in total. The highest BCUT2D eigenvalue weighted by atomic mass is 32.2. The van der Waals surface area contributed by atoms with E-state index in [0.29, 0.717) is 17.7 Å². The topological polar surface area (TPSA) is 69.0 Å². The van der Waals surface area contributed by atoms with Gasteiger partial charge in [0.1, 0.15) is 11.0 Å². The monoisotopic (exact) mass is 420 g/mol. The summed E-state index contributed by atoms with van der Waals surface area (Å²) in [4.78, 5) is 13.0. The molecular formula is C23H24N4O2S. The van der Waals surface area contributed by atoms with E-state index in [0.717, 1.165) is 35.5 Å². The molecule has 1 heterocycles. The SMILES string of the molecule is C=CCn1c(S[C@@H](C(=O)NC2CC2)c2ccccc2)nnc1-c1ccc(OC)cc1. The molecule has 2 aromatic carbocycles. The molecule has 1 aromatic heterocycles. The number of methoxy groups -OCH3 is 1. The van der Waals surface area contributed by atoms with Crippen molar-refractivity contribution in [1.29, 1.82) is 0 Å². The minimum atomic E-state index is -0.400. The van der Waals surface area contributed by atoms with Crippen molar-refractivity contribution in [2.45, 2.75) is 35.8 Å². The molecule has 1 fully saturated rings. The average molecular weight is 421 g/mol. The Labute approximate surface area is 180 Å². The first-order chi connectivity index (χ1) is 14.7. The van der Waals surface area contributed by atoms with Gasteiger partial charge in [-0.2, -0.15) is 0 Å². The molecular weight excluding hydrogens is 396 g/mol. The second-order valence-corrected chi connectivity index (χ2v) is 8.20. The van der Waals surface area contributed by atoms with E-state index in [1.54, 1.807) is 7.11 Å². The van der Waals surface area contributed by atoms with Crippen LogP contribution in [0.3, 0.4) is 0 Å². The summed E-state index contributed by atoms with van der Waals surface area (Å²) in [7, 11) is 1.64. The van der Waals surface area contributed by atoms with Crippen LogP contribution in [0.1, 0.15) is 23.7 Å². The number of aromatic nitrogens is 3. The molecule has 0 unspecified atom stereocenters. The zero-order valence-corrected chi connectivity index (χ0v) is 17.6. The zero-order chi connectivity index (χ0) is 20.9. The summed E-state index contributed by atoms with van der Waals surface area (Å²) in [6.45, 7) is 4.42. The molecule has 0 spiro atoms. The minimum absolute atomic E-state index is 0.00727. The Morgan fingerprint density at radius 3 is 2.60 bits per heavy atom. The van der Waals surface area contributed by atoms with E-state index in [-0.39, 0.29) is 5.91 Å². The van der Waals surface area contributed by atoms with Crippen molar-refractivity contribution in [2.75, 3.05) is 7.11 Å². The highest BCUT2D eigenvalue weighted by molar-refractivity contribution is 8.00. The summed E-state index contributed by atoms with van der Waals surface area (Å²) in [6, 6.07) is 17.8. The van der Waals surface area contributed by atoms with Gasteiger partial charge in [0.15, 0.2) is 11.0 Å². The van der Waals surface area contributed by atoms with E-state index in [1.807, 2.05) is 65.2 Å². The Hall–Kier alpha value is -3.06. The highest BCUT2D eigenvalue weighted by Gasteiger charge is 2.30. The first-order valence-electron chi connectivity index (χ1n) is 9.90. The van der Waals surface area contributed by atoms with Gasteiger partial charge in [0.05, 0.1) is 7.11 Å². The van der Waals surface area contributed by atoms with E-state index in [1.165, 1.54) is 11.8 Å². The van der Waals surface area contributed by atoms with Gasteiger partial charge in [-0.1, -0.05) is 48.2 Å². The number of rotatable bonds is 9. The molecule has 0 bridgehead atoms. The fraction of sp³-hybridized carbons (Fsp3) is 0.261. The Balaban J connectivity index is 1.66. The van der Waals surface area contributed by atoms with Gasteiger partial charge in [-0.05, 0) is 42.7 Å². The van der Waals surface area contributed by atoms with Crippen LogP contribution in [0.4, 0.5) is 0 Å². The average Bonchev–Trinajstić information content (AvgIpc) is 3.51. The number of carbonyl (C=O) groups is 1. The number of thioether (sulfide) groups is 1. The van der Waals surface area contributed by atoms with Gasteiger partial charge in [0.2, 0.25) is 5.91 Å². The maximum Gasteiger partial charge on any atom is 0.238 e. The van der Waals surface area contributed by atoms with Crippen LogP contribution in [-0.2, 0) is 11.3 Å². The molecule has 30 heavy (non-hydrogen) atoms. The van der Waals surface area contributed by atoms with Crippen molar-refractivity contribution in [3.8, 4) is 17.1 Å². The fourth-order valence-corrected chi connectivity index (χ4v) is 4.19. The maximum absolute atomic E-state index is 13.0. The lowest BCUT2D eigenvalue weighted by Gasteiger charge is -2.17. The van der Waals surface area contributed by atoms with Gasteiger partial charge >= 0.3 is 0 Å². The Kier molecular flexibility index (Phi) is 6.18. The molecule has 0 aliphatic heterocycles. The normalized spacial score (nSPS) is 14.2. The van der Waals surface area contributed by atoms with Gasteiger partial charge < -0.3 is 10.1 Å². The molecule has 0 saturated heterocycles. The van der Waals surface area contributed by atoms with Crippen LogP contribution in [-0.4, -0.2) is 33.8 Å². The quantitative estimate of drug-likeness (QED) is 0.414. The van der Waals surface area contributed by atoms with Crippen LogP contribution >= 0.6 is 11.8 Å². The lowest BCUT2D eigenvalue weighted by atomic mass is 10.1. The zero-order valence-electron chi connectivity index (χ0n) is 16.8. The Morgan fingerprint density at radius 2 is 1.97 bits per heavy atom. The number of ether oxygens (including phenoxy) is 1. The van der Waals surface area contributed by atoms with E-state index in [9.17, 15) is 4.79 Å². The van der Waals surface area contributed by atoms with Gasteiger partial charge in [0, 0.05) is 18.2 Å². The van der Waals surface area contributed by atoms with E-state index >= 15 is 0 Å². The largest absolute Gasteiger partial charge is 0.497 e. The lowest BCUT2D eigenvalue weighted by molar-refractivity contribution is -0.120. The minimum Gasteiger partial charge on any atom is -0.497 e. The first-order valence-corrected chi connectivity index (χ1v) is 10.8. The summed E-state index contributed by atoms with van der Waals surface area (Å²) in [5.74, 6) is 1.52. The van der Waals surface area contributed by atoms with E-state index in [2.05, 4.69) is 22.1 Å². The summed E-state index contributed by atoms with van der Waals surface area (Å²) < 4.78 is 7.23. The van der Waals surface area contributed by atoms with Crippen LogP contribution in [0.5, 0.6) is 5.75 Å². The van der Waals surface area contributed by atoms with Crippen molar-refractivity contribution in [1.82, 2.24) is 20.1 Å². The van der Waals surface area contributed by atoms with Crippen molar-refractivity contribution in [3.63, 3.8) is 0 Å². The third-order valence-corrected chi connectivity index (χ3v) is 6.10. The number of benzene rings is 2. The van der Waals surface area contributed by atoms with Gasteiger partial charge in [0.25, 0.3) is 0 Å². The molecule has 1 amide bonds.